The third-order valence-corrected chi connectivity index (χ3v) is 5.94. The first kappa shape index (κ1) is 21.0. The fourth-order valence-electron chi connectivity index (χ4n) is 4.37. The molecule has 1 aromatic heterocycles. The van der Waals surface area contributed by atoms with Crippen molar-refractivity contribution >= 4 is 11.8 Å². The van der Waals surface area contributed by atoms with E-state index in [-0.39, 0.29) is 24.5 Å². The first-order valence-corrected chi connectivity index (χ1v) is 11.2. The SMILES string of the molecule is O=C1COc2ccc3c(c2)CCN(C(=O)c2ccccn2)C3c2cccc(c2)OCCCN1. The molecule has 0 fully saturated rings. The second-order valence-electron chi connectivity index (χ2n) is 8.14. The van der Waals surface area contributed by atoms with Crippen LogP contribution in [0.4, 0.5) is 0 Å². The number of benzene rings is 2. The first-order valence-electron chi connectivity index (χ1n) is 11.2. The van der Waals surface area contributed by atoms with Crippen LogP contribution in [0.3, 0.4) is 0 Å². The van der Waals surface area contributed by atoms with Gasteiger partial charge in [0.1, 0.15) is 17.2 Å². The highest BCUT2D eigenvalue weighted by Gasteiger charge is 2.33. The van der Waals surface area contributed by atoms with Crippen LogP contribution >= 0.6 is 0 Å². The quantitative estimate of drug-likeness (QED) is 0.625. The highest BCUT2D eigenvalue weighted by Crippen LogP contribution is 2.38. The maximum absolute atomic E-state index is 13.5. The van der Waals surface area contributed by atoms with Gasteiger partial charge in [0, 0.05) is 19.3 Å². The molecule has 1 unspecified atom stereocenters. The number of rotatable bonds is 1. The summed E-state index contributed by atoms with van der Waals surface area (Å²) >= 11 is 0. The van der Waals surface area contributed by atoms with Crippen molar-refractivity contribution in [1.82, 2.24) is 15.2 Å². The van der Waals surface area contributed by atoms with Crippen molar-refractivity contribution in [2.45, 2.75) is 18.9 Å². The average molecular weight is 444 g/mol. The zero-order chi connectivity index (χ0) is 22.6. The lowest BCUT2D eigenvalue weighted by Crippen LogP contribution is -2.41. The lowest BCUT2D eigenvalue weighted by Gasteiger charge is -2.38. The summed E-state index contributed by atoms with van der Waals surface area (Å²) in [6.07, 6.45) is 3.00. The summed E-state index contributed by atoms with van der Waals surface area (Å²) in [6.45, 7) is 1.50. The van der Waals surface area contributed by atoms with E-state index in [0.717, 1.165) is 22.4 Å². The Labute approximate surface area is 192 Å². The predicted octanol–water partition coefficient (Wildman–Crippen LogP) is 3.15. The van der Waals surface area contributed by atoms with Gasteiger partial charge in [0.25, 0.3) is 11.8 Å². The normalized spacial score (nSPS) is 18.1. The molecule has 7 nitrogen and oxygen atoms in total. The molecule has 3 aliphatic rings. The minimum Gasteiger partial charge on any atom is -0.494 e. The van der Waals surface area contributed by atoms with Gasteiger partial charge in [-0.25, -0.2) is 0 Å². The molecule has 0 aliphatic carbocycles. The van der Waals surface area contributed by atoms with Crippen molar-refractivity contribution < 1.29 is 19.1 Å². The second kappa shape index (κ2) is 9.32. The third kappa shape index (κ3) is 4.53. The molecule has 0 saturated carbocycles. The van der Waals surface area contributed by atoms with E-state index >= 15 is 0 Å². The lowest BCUT2D eigenvalue weighted by atomic mass is 9.87. The van der Waals surface area contributed by atoms with Gasteiger partial charge in [-0.3, -0.25) is 14.6 Å². The molecule has 0 radical (unpaired) electrons. The van der Waals surface area contributed by atoms with Crippen molar-refractivity contribution in [3.05, 3.63) is 89.2 Å². The number of pyridine rings is 1. The summed E-state index contributed by atoms with van der Waals surface area (Å²) in [4.78, 5) is 31.7. The topological polar surface area (TPSA) is 80.8 Å². The zero-order valence-corrected chi connectivity index (χ0v) is 18.2. The molecule has 4 heterocycles. The number of hydrogen-bond donors (Lipinski definition) is 1. The summed E-state index contributed by atoms with van der Waals surface area (Å²) in [5.74, 6) is 1.12. The van der Waals surface area contributed by atoms with E-state index in [0.29, 0.717) is 44.0 Å². The Hall–Kier alpha value is -3.87. The summed E-state index contributed by atoms with van der Waals surface area (Å²) in [5, 5.41) is 2.85. The molecule has 2 amide bonds. The lowest BCUT2D eigenvalue weighted by molar-refractivity contribution is -0.123. The van der Waals surface area contributed by atoms with Crippen LogP contribution in [0.15, 0.2) is 66.9 Å². The molecule has 1 atom stereocenters. The van der Waals surface area contributed by atoms with E-state index in [9.17, 15) is 9.59 Å². The number of hydrogen-bond acceptors (Lipinski definition) is 5. The number of nitrogens with one attached hydrogen (secondary N) is 1. The number of ether oxygens (including phenoxy) is 2. The fraction of sp³-hybridized carbons (Fsp3) is 0.269. The molecule has 7 heteroatoms. The van der Waals surface area contributed by atoms with Gasteiger partial charge in [0.2, 0.25) is 0 Å². The van der Waals surface area contributed by atoms with E-state index in [4.69, 9.17) is 9.47 Å². The Morgan fingerprint density at radius 1 is 1.03 bits per heavy atom. The van der Waals surface area contributed by atoms with Crippen LogP contribution in [0.25, 0.3) is 0 Å². The zero-order valence-electron chi connectivity index (χ0n) is 18.2. The van der Waals surface area contributed by atoms with Crippen molar-refractivity contribution in [1.29, 1.82) is 0 Å². The molecule has 3 aromatic rings. The molecular formula is C26H25N3O4. The Balaban J connectivity index is 1.58. The number of aromatic nitrogens is 1. The van der Waals surface area contributed by atoms with E-state index in [1.54, 1.807) is 18.3 Å². The van der Waals surface area contributed by atoms with Crippen LogP contribution in [-0.2, 0) is 11.2 Å². The summed E-state index contributed by atoms with van der Waals surface area (Å²) in [7, 11) is 0. The van der Waals surface area contributed by atoms with Crippen molar-refractivity contribution in [3.63, 3.8) is 0 Å². The number of amides is 2. The molecule has 33 heavy (non-hydrogen) atoms. The van der Waals surface area contributed by atoms with Crippen LogP contribution in [0.5, 0.6) is 11.5 Å². The predicted molar refractivity (Wildman–Crippen MR) is 122 cm³/mol. The van der Waals surface area contributed by atoms with Gasteiger partial charge < -0.3 is 19.7 Å². The number of carbonyl (C=O) groups excluding carboxylic acids is 2. The van der Waals surface area contributed by atoms with E-state index < -0.39 is 0 Å². The smallest absolute Gasteiger partial charge is 0.273 e. The van der Waals surface area contributed by atoms with Crippen molar-refractivity contribution in [3.8, 4) is 11.5 Å². The molecule has 2 aromatic carbocycles. The average Bonchev–Trinajstić information content (AvgIpc) is 2.86. The Morgan fingerprint density at radius 3 is 2.82 bits per heavy atom. The Bertz CT molecular complexity index is 1170. The van der Waals surface area contributed by atoms with Gasteiger partial charge >= 0.3 is 0 Å². The number of fused-ring (bicyclic) bond motifs is 8. The monoisotopic (exact) mass is 443 g/mol. The van der Waals surface area contributed by atoms with Crippen LogP contribution in [0.1, 0.15) is 39.6 Å². The second-order valence-corrected chi connectivity index (χ2v) is 8.14. The van der Waals surface area contributed by atoms with Crippen molar-refractivity contribution in [2.24, 2.45) is 0 Å². The number of nitrogens with zero attached hydrogens (tertiary/aromatic N) is 2. The van der Waals surface area contributed by atoms with Crippen LogP contribution in [-0.4, -0.2) is 48.0 Å². The van der Waals surface area contributed by atoms with Crippen LogP contribution < -0.4 is 14.8 Å². The van der Waals surface area contributed by atoms with Crippen LogP contribution in [0.2, 0.25) is 0 Å². The molecule has 6 rings (SSSR count). The van der Waals surface area contributed by atoms with E-state index in [1.165, 1.54) is 0 Å². The fourth-order valence-corrected chi connectivity index (χ4v) is 4.37. The Kier molecular flexibility index (Phi) is 5.93. The van der Waals surface area contributed by atoms with Gasteiger partial charge in [0.15, 0.2) is 6.61 Å². The standard InChI is InChI=1S/C26H25N3O4/c30-24-17-33-21-8-9-22-18(15-21)10-13-29(26(31)23-7-1-2-11-27-23)25(22)19-5-3-6-20(16-19)32-14-4-12-28-24/h1-3,5-9,11,15-16,25H,4,10,12-14,17H2,(H,28,30). The highest BCUT2D eigenvalue weighted by atomic mass is 16.5. The van der Waals surface area contributed by atoms with Crippen molar-refractivity contribution in [2.75, 3.05) is 26.3 Å². The maximum Gasteiger partial charge on any atom is 0.273 e. The Morgan fingerprint density at radius 2 is 1.94 bits per heavy atom. The maximum atomic E-state index is 13.5. The third-order valence-electron chi connectivity index (χ3n) is 5.94. The highest BCUT2D eigenvalue weighted by molar-refractivity contribution is 5.93. The van der Waals surface area contributed by atoms with Gasteiger partial charge in [-0.15, -0.1) is 0 Å². The van der Waals surface area contributed by atoms with E-state index in [2.05, 4.69) is 10.3 Å². The summed E-state index contributed by atoms with van der Waals surface area (Å²) in [5.41, 5.74) is 3.53. The molecular weight excluding hydrogens is 418 g/mol. The van der Waals surface area contributed by atoms with Gasteiger partial charge in [0.05, 0.1) is 12.6 Å². The molecule has 3 aliphatic heterocycles. The molecule has 168 valence electrons. The summed E-state index contributed by atoms with van der Waals surface area (Å²) < 4.78 is 11.7. The van der Waals surface area contributed by atoms with Gasteiger partial charge in [-0.2, -0.15) is 0 Å². The van der Waals surface area contributed by atoms with Gasteiger partial charge in [-0.1, -0.05) is 24.3 Å². The minimum absolute atomic E-state index is 0.0353. The molecule has 0 spiro atoms. The van der Waals surface area contributed by atoms with E-state index in [1.807, 2.05) is 53.4 Å². The summed E-state index contributed by atoms with van der Waals surface area (Å²) in [6, 6.07) is 18.8. The molecule has 1 N–H and O–H groups in total. The molecule has 6 bridgehead atoms. The van der Waals surface area contributed by atoms with Gasteiger partial charge in [-0.05, 0) is 65.9 Å². The van der Waals surface area contributed by atoms with Crippen LogP contribution in [0, 0.1) is 0 Å². The molecule has 0 saturated heterocycles. The first-order chi connectivity index (χ1) is 16.2. The largest absolute Gasteiger partial charge is 0.494 e. The minimum atomic E-state index is -0.280. The number of carbonyl (C=O) groups is 2.